The molecule has 0 saturated heterocycles. The zero-order valence-electron chi connectivity index (χ0n) is 20.3. The van der Waals surface area contributed by atoms with Crippen LogP contribution in [-0.4, -0.2) is 40.1 Å². The van der Waals surface area contributed by atoms with Crippen molar-refractivity contribution >= 4 is 45.8 Å². The van der Waals surface area contributed by atoms with E-state index in [0.29, 0.717) is 22.2 Å². The minimum absolute atomic E-state index is 0.0152. The molecule has 38 heavy (non-hydrogen) atoms. The van der Waals surface area contributed by atoms with Gasteiger partial charge in [0.25, 0.3) is 17.5 Å². The van der Waals surface area contributed by atoms with Crippen molar-refractivity contribution in [2.45, 2.75) is 13.8 Å². The first-order valence-corrected chi connectivity index (χ1v) is 11.5. The number of ether oxygens (including phenoxy) is 1. The van der Waals surface area contributed by atoms with Gasteiger partial charge in [0.1, 0.15) is 0 Å². The first-order chi connectivity index (χ1) is 18.2. The fraction of sp³-hybridized carbons (Fsp3) is 0.107. The lowest BCUT2D eigenvalue weighted by atomic mass is 10.0. The summed E-state index contributed by atoms with van der Waals surface area (Å²) in [5.41, 5.74) is 1.87. The average Bonchev–Trinajstić information content (AvgIpc) is 3.18. The molecule has 10 nitrogen and oxygen atoms in total. The van der Waals surface area contributed by atoms with Gasteiger partial charge in [-0.3, -0.25) is 29.5 Å². The molecule has 2 heterocycles. The molecule has 1 aliphatic heterocycles. The van der Waals surface area contributed by atoms with E-state index in [1.807, 2.05) is 0 Å². The highest BCUT2D eigenvalue weighted by atomic mass is 16.6. The maximum Gasteiger partial charge on any atom is 0.338 e. The van der Waals surface area contributed by atoms with Crippen molar-refractivity contribution in [1.82, 2.24) is 4.98 Å². The highest BCUT2D eigenvalue weighted by molar-refractivity contribution is 6.37. The minimum Gasteiger partial charge on any atom is -0.454 e. The molecule has 4 aromatic rings. The summed E-state index contributed by atoms with van der Waals surface area (Å²) in [4.78, 5) is 67.9. The van der Waals surface area contributed by atoms with Crippen molar-refractivity contribution in [2.75, 3.05) is 11.5 Å². The third kappa shape index (κ3) is 4.07. The summed E-state index contributed by atoms with van der Waals surface area (Å²) in [6.45, 7) is 2.56. The molecule has 0 aliphatic carbocycles. The first-order valence-electron chi connectivity index (χ1n) is 11.5. The Morgan fingerprint density at radius 1 is 0.921 bits per heavy atom. The van der Waals surface area contributed by atoms with Crippen molar-refractivity contribution in [3.8, 4) is 0 Å². The number of hydrogen-bond acceptors (Lipinski definition) is 8. The van der Waals surface area contributed by atoms with Crippen LogP contribution >= 0.6 is 0 Å². The Morgan fingerprint density at radius 3 is 2.42 bits per heavy atom. The Morgan fingerprint density at radius 2 is 1.66 bits per heavy atom. The van der Waals surface area contributed by atoms with Crippen molar-refractivity contribution < 1.29 is 28.8 Å². The fourth-order valence-corrected chi connectivity index (χ4v) is 4.42. The van der Waals surface area contributed by atoms with E-state index in [1.54, 1.807) is 38.1 Å². The van der Waals surface area contributed by atoms with Crippen LogP contribution in [0, 0.1) is 24.0 Å². The highest BCUT2D eigenvalue weighted by Gasteiger charge is 2.40. The van der Waals surface area contributed by atoms with Crippen LogP contribution in [0.4, 0.5) is 11.4 Å². The normalized spacial score (nSPS) is 12.5. The molecule has 0 bridgehead atoms. The number of aromatic nitrogens is 1. The molecule has 0 radical (unpaired) electrons. The molecule has 1 aromatic heterocycles. The average molecular weight is 509 g/mol. The number of nitro groups is 1. The Hall–Kier alpha value is -5.25. The number of amides is 2. The number of pyridine rings is 1. The van der Waals surface area contributed by atoms with Crippen LogP contribution in [0.5, 0.6) is 0 Å². The molecule has 0 spiro atoms. The zero-order valence-corrected chi connectivity index (χ0v) is 20.3. The monoisotopic (exact) mass is 509 g/mol. The summed E-state index contributed by atoms with van der Waals surface area (Å²) in [5.74, 6) is -2.56. The van der Waals surface area contributed by atoms with Gasteiger partial charge in [0.05, 0.1) is 38.5 Å². The maximum absolute atomic E-state index is 13.4. The number of nitro benzene ring substituents is 1. The van der Waals surface area contributed by atoms with Gasteiger partial charge in [-0.15, -0.1) is 0 Å². The second-order valence-electron chi connectivity index (χ2n) is 8.72. The quantitative estimate of drug-likeness (QED) is 0.121. The van der Waals surface area contributed by atoms with E-state index in [0.717, 1.165) is 11.0 Å². The van der Waals surface area contributed by atoms with Gasteiger partial charge in [-0.2, -0.15) is 0 Å². The standard InChI is InChI=1S/C28H19N3O7/c1-15-10-11-17(13-22(15)31(36)37)23(32)14-38-28(35)18-6-5-7-19(12-18)30-26(33)24-16(2)29-21-9-4-3-8-20(21)25(24)27(30)34/h3-13H,14H2,1-2H3. The van der Waals surface area contributed by atoms with Gasteiger partial charge in [-0.1, -0.05) is 36.4 Å². The predicted molar refractivity (Wildman–Crippen MR) is 137 cm³/mol. The molecule has 10 heteroatoms. The predicted octanol–water partition coefficient (Wildman–Crippen LogP) is 4.60. The van der Waals surface area contributed by atoms with Crippen LogP contribution in [0.15, 0.2) is 66.7 Å². The lowest BCUT2D eigenvalue weighted by molar-refractivity contribution is -0.385. The number of Topliss-reactive ketones (excluding diaryl/α,β-unsaturated/α-hetero) is 1. The van der Waals surface area contributed by atoms with E-state index < -0.39 is 35.1 Å². The van der Waals surface area contributed by atoms with E-state index in [2.05, 4.69) is 4.98 Å². The fourth-order valence-electron chi connectivity index (χ4n) is 4.42. The van der Waals surface area contributed by atoms with Crippen LogP contribution in [0.2, 0.25) is 0 Å². The largest absolute Gasteiger partial charge is 0.454 e. The Kier molecular flexibility index (Phi) is 6.00. The molecule has 3 aromatic carbocycles. The van der Waals surface area contributed by atoms with Crippen molar-refractivity contribution in [1.29, 1.82) is 0 Å². The van der Waals surface area contributed by atoms with Gasteiger partial charge in [0.15, 0.2) is 6.61 Å². The molecule has 0 N–H and O–H groups in total. The molecule has 0 atom stereocenters. The highest BCUT2D eigenvalue weighted by Crippen LogP contribution is 2.34. The van der Waals surface area contributed by atoms with Gasteiger partial charge in [-0.25, -0.2) is 9.69 Å². The number of nitrogens with zero attached hydrogens (tertiary/aromatic N) is 3. The number of fused-ring (bicyclic) bond motifs is 3. The van der Waals surface area contributed by atoms with Crippen molar-refractivity contribution in [3.63, 3.8) is 0 Å². The van der Waals surface area contributed by atoms with Gasteiger partial charge in [-0.05, 0) is 38.1 Å². The maximum atomic E-state index is 13.4. The third-order valence-electron chi connectivity index (χ3n) is 6.31. The SMILES string of the molecule is Cc1ccc(C(=O)COC(=O)c2cccc(N3C(=O)c4c(C)nc5ccccc5c4C3=O)c2)cc1[N+](=O)[O-]. The number of benzene rings is 3. The van der Waals surface area contributed by atoms with E-state index >= 15 is 0 Å². The van der Waals surface area contributed by atoms with Crippen LogP contribution < -0.4 is 4.90 Å². The number of aryl methyl sites for hydroxylation is 2. The number of para-hydroxylation sites is 1. The molecule has 5 rings (SSSR count). The number of carbonyl (C=O) groups excluding carboxylic acids is 4. The Balaban J connectivity index is 1.37. The van der Waals surface area contributed by atoms with Gasteiger partial charge >= 0.3 is 5.97 Å². The summed E-state index contributed by atoms with van der Waals surface area (Å²) in [7, 11) is 0. The molecular formula is C28H19N3O7. The molecule has 2 amide bonds. The number of anilines is 1. The number of carbonyl (C=O) groups is 4. The van der Waals surface area contributed by atoms with Gasteiger partial charge in [0.2, 0.25) is 5.78 Å². The van der Waals surface area contributed by atoms with Crippen LogP contribution in [0.1, 0.15) is 52.7 Å². The number of rotatable bonds is 6. The number of ketones is 1. The van der Waals surface area contributed by atoms with Crippen LogP contribution in [0.3, 0.4) is 0 Å². The smallest absolute Gasteiger partial charge is 0.338 e. The lowest BCUT2D eigenvalue weighted by Gasteiger charge is -2.15. The van der Waals surface area contributed by atoms with Crippen LogP contribution in [-0.2, 0) is 4.74 Å². The van der Waals surface area contributed by atoms with E-state index in [4.69, 9.17) is 4.74 Å². The van der Waals surface area contributed by atoms with E-state index in [9.17, 15) is 29.3 Å². The van der Waals surface area contributed by atoms with Crippen LogP contribution in [0.25, 0.3) is 10.9 Å². The zero-order chi connectivity index (χ0) is 27.1. The summed E-state index contributed by atoms with van der Waals surface area (Å²) in [6, 6.07) is 16.8. The minimum atomic E-state index is -0.860. The molecule has 1 aliphatic rings. The number of esters is 1. The Bertz CT molecular complexity index is 1710. The molecular weight excluding hydrogens is 490 g/mol. The number of imide groups is 1. The van der Waals surface area contributed by atoms with Gasteiger partial charge in [0, 0.05) is 22.6 Å². The number of hydrogen-bond donors (Lipinski definition) is 0. The van der Waals surface area contributed by atoms with Gasteiger partial charge < -0.3 is 4.74 Å². The molecule has 0 saturated carbocycles. The second kappa shape index (κ2) is 9.32. The molecule has 188 valence electrons. The first kappa shape index (κ1) is 24.4. The topological polar surface area (TPSA) is 137 Å². The third-order valence-corrected chi connectivity index (χ3v) is 6.31. The van der Waals surface area contributed by atoms with E-state index in [-0.39, 0.29) is 33.6 Å². The lowest BCUT2D eigenvalue weighted by Crippen LogP contribution is -2.29. The van der Waals surface area contributed by atoms with Crippen molar-refractivity contribution in [3.05, 3.63) is 110 Å². The second-order valence-corrected chi connectivity index (χ2v) is 8.72. The Labute approximate surface area is 215 Å². The summed E-state index contributed by atoms with van der Waals surface area (Å²) in [6.07, 6.45) is 0. The summed E-state index contributed by atoms with van der Waals surface area (Å²) < 4.78 is 5.13. The molecule has 0 unspecified atom stereocenters. The van der Waals surface area contributed by atoms with E-state index in [1.165, 1.54) is 36.4 Å². The summed E-state index contributed by atoms with van der Waals surface area (Å²) in [5, 5.41) is 11.7. The molecule has 0 fully saturated rings. The van der Waals surface area contributed by atoms with Crippen molar-refractivity contribution in [2.24, 2.45) is 0 Å². The summed E-state index contributed by atoms with van der Waals surface area (Å²) >= 11 is 0.